The van der Waals surface area contributed by atoms with Gasteiger partial charge >= 0.3 is 0 Å². The zero-order chi connectivity index (χ0) is 14.5. The molecule has 0 amide bonds. The standard InChI is InChI=1S/C15H19N5/c1-11-4-3-5-13(19-11)10-20(2)9-12-6-7-18-14(8-12)15(16)17/h3-8H,9-10H2,1-2H3,(H3,16,17). The highest BCUT2D eigenvalue weighted by atomic mass is 15.1. The topological polar surface area (TPSA) is 78.9 Å². The Hall–Kier alpha value is -2.27. The van der Waals surface area contributed by atoms with E-state index in [4.69, 9.17) is 11.1 Å². The Morgan fingerprint density at radius 3 is 2.80 bits per heavy atom. The molecule has 0 saturated carbocycles. The van der Waals surface area contributed by atoms with Gasteiger partial charge in [0.2, 0.25) is 0 Å². The Morgan fingerprint density at radius 2 is 2.10 bits per heavy atom. The monoisotopic (exact) mass is 269 g/mol. The van der Waals surface area contributed by atoms with Crippen molar-refractivity contribution in [3.05, 3.63) is 59.2 Å². The third-order valence-electron chi connectivity index (χ3n) is 2.93. The summed E-state index contributed by atoms with van der Waals surface area (Å²) in [7, 11) is 2.04. The van der Waals surface area contributed by atoms with Crippen LogP contribution in [0, 0.1) is 12.3 Å². The van der Waals surface area contributed by atoms with Gasteiger partial charge in [-0.15, -0.1) is 0 Å². The molecule has 0 aliphatic carbocycles. The first-order chi connectivity index (χ1) is 9.54. The fourth-order valence-electron chi connectivity index (χ4n) is 2.05. The second-order valence-electron chi connectivity index (χ2n) is 4.91. The molecule has 2 heterocycles. The van der Waals surface area contributed by atoms with Crippen molar-refractivity contribution >= 4 is 5.84 Å². The van der Waals surface area contributed by atoms with Crippen LogP contribution in [-0.2, 0) is 13.1 Å². The van der Waals surface area contributed by atoms with E-state index in [1.54, 1.807) is 6.20 Å². The molecule has 0 bridgehead atoms. The van der Waals surface area contributed by atoms with E-state index < -0.39 is 0 Å². The molecule has 0 unspecified atom stereocenters. The highest BCUT2D eigenvalue weighted by Gasteiger charge is 2.05. The summed E-state index contributed by atoms with van der Waals surface area (Å²) in [4.78, 5) is 10.7. The van der Waals surface area contributed by atoms with Crippen molar-refractivity contribution in [3.63, 3.8) is 0 Å². The molecule has 2 rings (SSSR count). The number of nitrogens with one attached hydrogen (secondary N) is 1. The van der Waals surface area contributed by atoms with Crippen molar-refractivity contribution in [2.45, 2.75) is 20.0 Å². The van der Waals surface area contributed by atoms with Crippen LogP contribution in [-0.4, -0.2) is 27.8 Å². The quantitative estimate of drug-likeness (QED) is 0.639. The van der Waals surface area contributed by atoms with Gasteiger partial charge in [0, 0.05) is 25.0 Å². The number of hydrogen-bond donors (Lipinski definition) is 2. The number of hydrogen-bond acceptors (Lipinski definition) is 4. The summed E-state index contributed by atoms with van der Waals surface area (Å²) < 4.78 is 0. The lowest BCUT2D eigenvalue weighted by molar-refractivity contribution is 0.315. The number of aryl methyl sites for hydroxylation is 1. The molecular weight excluding hydrogens is 250 g/mol. The number of amidine groups is 1. The molecule has 20 heavy (non-hydrogen) atoms. The van der Waals surface area contributed by atoms with Crippen LogP contribution in [0.3, 0.4) is 0 Å². The Balaban J connectivity index is 2.02. The summed E-state index contributed by atoms with van der Waals surface area (Å²) in [6, 6.07) is 9.82. The van der Waals surface area contributed by atoms with Crippen LogP contribution in [0.5, 0.6) is 0 Å². The molecule has 0 aliphatic rings. The van der Waals surface area contributed by atoms with Crippen molar-refractivity contribution in [2.24, 2.45) is 5.73 Å². The van der Waals surface area contributed by atoms with Crippen LogP contribution in [0.25, 0.3) is 0 Å². The van der Waals surface area contributed by atoms with E-state index in [1.807, 2.05) is 44.3 Å². The molecule has 5 heteroatoms. The molecule has 104 valence electrons. The summed E-state index contributed by atoms with van der Waals surface area (Å²) in [6.45, 7) is 3.53. The van der Waals surface area contributed by atoms with Crippen molar-refractivity contribution in [3.8, 4) is 0 Å². The third kappa shape index (κ3) is 3.86. The minimum atomic E-state index is -0.00476. The molecule has 0 atom stereocenters. The zero-order valence-electron chi connectivity index (χ0n) is 11.8. The van der Waals surface area contributed by atoms with Crippen LogP contribution < -0.4 is 5.73 Å². The maximum absolute atomic E-state index is 7.41. The molecule has 0 radical (unpaired) electrons. The minimum Gasteiger partial charge on any atom is -0.382 e. The molecule has 5 nitrogen and oxygen atoms in total. The van der Waals surface area contributed by atoms with Gasteiger partial charge in [0.1, 0.15) is 11.5 Å². The van der Waals surface area contributed by atoms with Crippen LogP contribution in [0.15, 0.2) is 36.5 Å². The summed E-state index contributed by atoms with van der Waals surface area (Å²) in [5, 5.41) is 7.41. The first kappa shape index (κ1) is 14.1. The average molecular weight is 269 g/mol. The van der Waals surface area contributed by atoms with Gasteiger partial charge in [0.15, 0.2) is 0 Å². The number of rotatable bonds is 5. The summed E-state index contributed by atoms with van der Waals surface area (Å²) in [5.41, 5.74) is 9.13. The molecule has 0 aromatic carbocycles. The second-order valence-corrected chi connectivity index (χ2v) is 4.91. The van der Waals surface area contributed by atoms with Crippen LogP contribution in [0.4, 0.5) is 0 Å². The van der Waals surface area contributed by atoms with Crippen molar-refractivity contribution in [1.82, 2.24) is 14.9 Å². The first-order valence-electron chi connectivity index (χ1n) is 6.45. The van der Waals surface area contributed by atoms with E-state index in [9.17, 15) is 0 Å². The molecule has 3 N–H and O–H groups in total. The second kappa shape index (κ2) is 6.25. The van der Waals surface area contributed by atoms with Crippen LogP contribution >= 0.6 is 0 Å². The maximum atomic E-state index is 7.41. The largest absolute Gasteiger partial charge is 0.382 e. The van der Waals surface area contributed by atoms with Crippen molar-refractivity contribution < 1.29 is 0 Å². The highest BCUT2D eigenvalue weighted by Crippen LogP contribution is 2.08. The zero-order valence-corrected chi connectivity index (χ0v) is 11.8. The van der Waals surface area contributed by atoms with Gasteiger partial charge in [-0.25, -0.2) is 0 Å². The predicted molar refractivity (Wildman–Crippen MR) is 79.4 cm³/mol. The first-order valence-corrected chi connectivity index (χ1v) is 6.45. The minimum absolute atomic E-state index is 0.00476. The van der Waals surface area contributed by atoms with E-state index in [0.717, 1.165) is 30.0 Å². The van der Waals surface area contributed by atoms with E-state index in [2.05, 4.69) is 14.9 Å². The molecule has 2 aromatic rings. The maximum Gasteiger partial charge on any atom is 0.141 e. The van der Waals surface area contributed by atoms with Crippen LogP contribution in [0.2, 0.25) is 0 Å². The summed E-state index contributed by atoms with van der Waals surface area (Å²) >= 11 is 0. The summed E-state index contributed by atoms with van der Waals surface area (Å²) in [5.74, 6) is -0.00476. The molecule has 0 saturated heterocycles. The van der Waals surface area contributed by atoms with Gasteiger partial charge in [0.05, 0.1) is 5.69 Å². The molecule has 0 aliphatic heterocycles. The highest BCUT2D eigenvalue weighted by molar-refractivity contribution is 5.93. The fourth-order valence-corrected chi connectivity index (χ4v) is 2.05. The number of nitrogens with zero attached hydrogens (tertiary/aromatic N) is 3. The van der Waals surface area contributed by atoms with Gasteiger partial charge in [0.25, 0.3) is 0 Å². The van der Waals surface area contributed by atoms with E-state index in [-0.39, 0.29) is 5.84 Å². The number of nitrogens with two attached hydrogens (primary N) is 1. The Kier molecular flexibility index (Phi) is 4.42. The molecule has 2 aromatic heterocycles. The van der Waals surface area contributed by atoms with E-state index in [0.29, 0.717) is 5.69 Å². The third-order valence-corrected chi connectivity index (χ3v) is 2.93. The lowest BCUT2D eigenvalue weighted by Gasteiger charge is -2.16. The normalized spacial score (nSPS) is 10.8. The molecule has 0 fully saturated rings. The van der Waals surface area contributed by atoms with E-state index >= 15 is 0 Å². The number of nitrogen functional groups attached to an aromatic ring is 1. The van der Waals surface area contributed by atoms with Gasteiger partial charge < -0.3 is 5.73 Å². The SMILES string of the molecule is Cc1cccc(CN(C)Cc2ccnc(C(=N)N)c2)n1. The lowest BCUT2D eigenvalue weighted by atomic mass is 10.2. The van der Waals surface area contributed by atoms with Gasteiger partial charge in [-0.1, -0.05) is 6.07 Å². The Morgan fingerprint density at radius 1 is 1.30 bits per heavy atom. The number of aromatic nitrogens is 2. The van der Waals surface area contributed by atoms with Gasteiger partial charge in [-0.05, 0) is 43.8 Å². The lowest BCUT2D eigenvalue weighted by Crippen LogP contribution is -2.19. The van der Waals surface area contributed by atoms with E-state index in [1.165, 1.54) is 0 Å². The Bertz CT molecular complexity index is 609. The molecular formula is C15H19N5. The smallest absolute Gasteiger partial charge is 0.141 e. The molecule has 0 spiro atoms. The summed E-state index contributed by atoms with van der Waals surface area (Å²) in [6.07, 6.45) is 1.69. The van der Waals surface area contributed by atoms with Crippen LogP contribution in [0.1, 0.15) is 22.6 Å². The number of pyridine rings is 2. The fraction of sp³-hybridized carbons (Fsp3) is 0.267. The van der Waals surface area contributed by atoms with Gasteiger partial charge in [-0.3, -0.25) is 20.3 Å². The van der Waals surface area contributed by atoms with Crippen molar-refractivity contribution in [1.29, 1.82) is 5.41 Å². The van der Waals surface area contributed by atoms with Gasteiger partial charge in [-0.2, -0.15) is 0 Å². The van der Waals surface area contributed by atoms with Crippen molar-refractivity contribution in [2.75, 3.05) is 7.05 Å². The average Bonchev–Trinajstić information content (AvgIpc) is 2.38. The Labute approximate surface area is 119 Å². The predicted octanol–water partition coefficient (Wildman–Crippen LogP) is 1.70.